The molecule has 3 aromatic heterocycles. The monoisotopic (exact) mass is 526 g/mol. The van der Waals surface area contributed by atoms with E-state index in [4.69, 9.17) is 4.42 Å². The van der Waals surface area contributed by atoms with Gasteiger partial charge in [0.25, 0.3) is 0 Å². The van der Waals surface area contributed by atoms with E-state index >= 15 is 0 Å². The Kier molecular flexibility index (Phi) is 4.44. The highest BCUT2D eigenvalue weighted by Gasteiger charge is 2.21. The van der Waals surface area contributed by atoms with Gasteiger partial charge < -0.3 is 13.6 Å². The van der Waals surface area contributed by atoms with Crippen molar-refractivity contribution in [1.29, 1.82) is 0 Å². The number of para-hydroxylation sites is 4. The summed E-state index contributed by atoms with van der Waals surface area (Å²) in [6.45, 7) is 0. The predicted octanol–water partition coefficient (Wildman–Crippen LogP) is 9.14. The minimum Gasteiger partial charge on any atom is -0.422 e. The molecule has 0 atom stereocenters. The second kappa shape index (κ2) is 8.20. The highest BCUT2D eigenvalue weighted by atomic mass is 16.4. The van der Waals surface area contributed by atoms with Crippen molar-refractivity contribution in [1.82, 2.24) is 9.13 Å². The van der Waals surface area contributed by atoms with Gasteiger partial charge in [0, 0.05) is 43.7 Å². The molecule has 0 unspecified atom stereocenters. The Hall–Kier alpha value is -5.61. The van der Waals surface area contributed by atoms with Crippen LogP contribution in [0.4, 0.5) is 0 Å². The minimum atomic E-state index is -0.329. The molecular weight excluding hydrogens is 504 g/mol. The van der Waals surface area contributed by atoms with Crippen LogP contribution in [0.5, 0.6) is 0 Å². The number of hydrogen-bond acceptors (Lipinski definition) is 2. The average molecular weight is 527 g/mol. The van der Waals surface area contributed by atoms with Crippen molar-refractivity contribution in [3.05, 3.63) is 144 Å². The van der Waals surface area contributed by atoms with Gasteiger partial charge in [-0.25, -0.2) is 4.79 Å². The highest BCUT2D eigenvalue weighted by Crippen LogP contribution is 2.40. The van der Waals surface area contributed by atoms with Gasteiger partial charge in [0.05, 0.1) is 27.5 Å². The van der Waals surface area contributed by atoms with E-state index in [0.717, 1.165) is 65.8 Å². The topological polar surface area (TPSA) is 40.1 Å². The summed E-state index contributed by atoms with van der Waals surface area (Å²) in [6, 6.07) is 45.8. The minimum absolute atomic E-state index is 0.329. The summed E-state index contributed by atoms with van der Waals surface area (Å²) in [5.41, 5.74) is 6.47. The lowest BCUT2D eigenvalue weighted by atomic mass is 10.0. The summed E-state index contributed by atoms with van der Waals surface area (Å²) < 4.78 is 10.6. The maximum atomic E-state index is 13.9. The summed E-state index contributed by atoms with van der Waals surface area (Å²) in [7, 11) is 0. The summed E-state index contributed by atoms with van der Waals surface area (Å²) in [4.78, 5) is 13.9. The molecule has 6 aromatic carbocycles. The van der Waals surface area contributed by atoms with Crippen LogP contribution in [0.25, 0.3) is 76.7 Å². The van der Waals surface area contributed by atoms with Crippen molar-refractivity contribution in [2.45, 2.75) is 0 Å². The van der Waals surface area contributed by atoms with Gasteiger partial charge in [-0.3, -0.25) is 0 Å². The molecule has 0 spiro atoms. The van der Waals surface area contributed by atoms with Gasteiger partial charge in [0.15, 0.2) is 0 Å². The van der Waals surface area contributed by atoms with E-state index in [0.29, 0.717) is 11.0 Å². The number of fused-ring (bicyclic) bond motifs is 10. The fourth-order valence-corrected chi connectivity index (χ4v) is 6.63. The zero-order valence-electron chi connectivity index (χ0n) is 21.9. The molecule has 9 rings (SSSR count). The molecule has 0 amide bonds. The van der Waals surface area contributed by atoms with Crippen LogP contribution in [-0.2, 0) is 0 Å². The molecule has 4 nitrogen and oxygen atoms in total. The van der Waals surface area contributed by atoms with E-state index < -0.39 is 0 Å². The highest BCUT2D eigenvalue weighted by molar-refractivity contribution is 6.23. The van der Waals surface area contributed by atoms with Gasteiger partial charge >= 0.3 is 5.63 Å². The third-order valence-corrected chi connectivity index (χ3v) is 8.34. The average Bonchev–Trinajstić information content (AvgIpc) is 3.53. The molecule has 3 heterocycles. The van der Waals surface area contributed by atoms with Gasteiger partial charge in [0.1, 0.15) is 5.58 Å². The Morgan fingerprint density at radius 3 is 1.71 bits per heavy atom. The molecule has 0 aliphatic heterocycles. The molecule has 0 saturated heterocycles. The first kappa shape index (κ1) is 22.2. The van der Waals surface area contributed by atoms with Crippen molar-refractivity contribution < 1.29 is 4.42 Å². The molecule has 0 N–H and O–H groups in total. The quantitative estimate of drug-likeness (QED) is 0.166. The second-order valence-corrected chi connectivity index (χ2v) is 10.5. The molecule has 9 aromatic rings. The lowest BCUT2D eigenvalue weighted by Gasteiger charge is -2.11. The van der Waals surface area contributed by atoms with Crippen LogP contribution in [0, 0.1) is 0 Å². The molecular formula is C37H22N2O2. The van der Waals surface area contributed by atoms with Crippen molar-refractivity contribution in [3.63, 3.8) is 0 Å². The molecule has 0 saturated carbocycles. The van der Waals surface area contributed by atoms with E-state index in [9.17, 15) is 4.79 Å². The van der Waals surface area contributed by atoms with Gasteiger partial charge in [0.2, 0.25) is 0 Å². The smallest absolute Gasteiger partial charge is 0.346 e. The number of hydrogen-bond donors (Lipinski definition) is 0. The van der Waals surface area contributed by atoms with Crippen LogP contribution < -0.4 is 5.63 Å². The fraction of sp³-hybridized carbons (Fsp3) is 0. The third-order valence-electron chi connectivity index (χ3n) is 8.34. The van der Waals surface area contributed by atoms with Crippen molar-refractivity contribution in [2.24, 2.45) is 0 Å². The van der Waals surface area contributed by atoms with Gasteiger partial charge in [-0.2, -0.15) is 0 Å². The number of nitrogens with zero attached hydrogens (tertiary/aromatic N) is 2. The Balaban J connectivity index is 1.49. The molecule has 0 aliphatic carbocycles. The van der Waals surface area contributed by atoms with Crippen molar-refractivity contribution >= 4 is 65.4 Å². The molecule has 0 bridgehead atoms. The second-order valence-electron chi connectivity index (χ2n) is 10.5. The maximum Gasteiger partial charge on any atom is 0.346 e. The predicted molar refractivity (Wildman–Crippen MR) is 169 cm³/mol. The van der Waals surface area contributed by atoms with Crippen LogP contribution in [0.3, 0.4) is 0 Å². The van der Waals surface area contributed by atoms with E-state index in [1.807, 2.05) is 42.5 Å². The first-order chi connectivity index (χ1) is 20.3. The Labute approximate surface area is 233 Å². The van der Waals surface area contributed by atoms with Crippen LogP contribution in [0.1, 0.15) is 0 Å². The number of rotatable bonds is 2. The molecule has 192 valence electrons. The third kappa shape index (κ3) is 3.02. The fourth-order valence-electron chi connectivity index (χ4n) is 6.63. The summed E-state index contributed by atoms with van der Waals surface area (Å²) >= 11 is 0. The van der Waals surface area contributed by atoms with Crippen LogP contribution in [-0.4, -0.2) is 9.13 Å². The van der Waals surface area contributed by atoms with Crippen LogP contribution in [0.2, 0.25) is 0 Å². The molecule has 0 fully saturated rings. The summed E-state index contributed by atoms with van der Waals surface area (Å²) in [5.74, 6) is 0. The van der Waals surface area contributed by atoms with Crippen LogP contribution in [0.15, 0.2) is 143 Å². The standard InChI is InChI=1S/C37H22N2O2/c40-37-35-27(19-20-28-25-15-7-10-18-32(25)39(36(28)35)24-13-5-2-6-14-24)30-21-33-29(22-34(30)41-37)26-16-8-9-17-31(26)38(33)23-11-3-1-4-12-23/h1-22H. The normalized spacial score (nSPS) is 12.0. The maximum absolute atomic E-state index is 13.9. The van der Waals surface area contributed by atoms with E-state index in [-0.39, 0.29) is 5.63 Å². The van der Waals surface area contributed by atoms with Gasteiger partial charge in [-0.15, -0.1) is 0 Å². The first-order valence-corrected chi connectivity index (χ1v) is 13.7. The summed E-state index contributed by atoms with van der Waals surface area (Å²) in [6.07, 6.45) is 0. The van der Waals surface area contributed by atoms with E-state index in [2.05, 4.69) is 100 Å². The first-order valence-electron chi connectivity index (χ1n) is 13.7. The molecule has 41 heavy (non-hydrogen) atoms. The Morgan fingerprint density at radius 2 is 1.00 bits per heavy atom. The van der Waals surface area contributed by atoms with Crippen molar-refractivity contribution in [2.75, 3.05) is 0 Å². The number of aromatic nitrogens is 2. The zero-order valence-corrected chi connectivity index (χ0v) is 21.9. The molecule has 4 heteroatoms. The Morgan fingerprint density at radius 1 is 0.439 bits per heavy atom. The van der Waals surface area contributed by atoms with E-state index in [1.54, 1.807) is 0 Å². The number of benzene rings is 6. The summed E-state index contributed by atoms with van der Waals surface area (Å²) in [5, 5.41) is 6.70. The van der Waals surface area contributed by atoms with Crippen LogP contribution >= 0.6 is 0 Å². The molecule has 0 aliphatic rings. The zero-order chi connectivity index (χ0) is 27.1. The van der Waals surface area contributed by atoms with Gasteiger partial charge in [-0.05, 0) is 48.5 Å². The largest absolute Gasteiger partial charge is 0.422 e. The van der Waals surface area contributed by atoms with Crippen molar-refractivity contribution in [3.8, 4) is 11.4 Å². The lowest BCUT2D eigenvalue weighted by molar-refractivity contribution is 0.570. The Bertz CT molecular complexity index is 2540. The lowest BCUT2D eigenvalue weighted by Crippen LogP contribution is -2.04. The van der Waals surface area contributed by atoms with E-state index in [1.165, 1.54) is 0 Å². The SMILES string of the molecule is O=c1oc2cc3c4ccccc4n(-c4ccccc4)c3cc2c2ccc3c4ccccc4n(-c4ccccc4)c3c12. The molecule has 0 radical (unpaired) electrons. The van der Waals surface area contributed by atoms with Gasteiger partial charge in [-0.1, -0.05) is 84.9 Å².